The van der Waals surface area contributed by atoms with E-state index in [1.807, 2.05) is 13.0 Å². The minimum Gasteiger partial charge on any atom is -0.356 e. The highest BCUT2D eigenvalue weighted by molar-refractivity contribution is 5.95. The van der Waals surface area contributed by atoms with Crippen LogP contribution >= 0.6 is 0 Å². The van der Waals surface area contributed by atoms with Crippen LogP contribution in [0.2, 0.25) is 0 Å². The Balaban J connectivity index is 1.87. The largest absolute Gasteiger partial charge is 0.356 e. The number of carbonyl (C=O) groups excluding carboxylic acids is 2. The third-order valence-electron chi connectivity index (χ3n) is 4.10. The van der Waals surface area contributed by atoms with Crippen molar-refractivity contribution in [2.45, 2.75) is 19.1 Å². The summed E-state index contributed by atoms with van der Waals surface area (Å²) in [6.07, 6.45) is 0.671. The van der Waals surface area contributed by atoms with E-state index in [1.165, 1.54) is 23.1 Å². The fourth-order valence-corrected chi connectivity index (χ4v) is 2.76. The minimum atomic E-state index is -0.965. The molecule has 2 atom stereocenters. The summed E-state index contributed by atoms with van der Waals surface area (Å²) >= 11 is 0. The predicted molar refractivity (Wildman–Crippen MR) is 89.3 cm³/mol. The van der Waals surface area contributed by atoms with Gasteiger partial charge in [-0.15, -0.1) is 0 Å². The summed E-state index contributed by atoms with van der Waals surface area (Å²) in [5.74, 6) is -0.767. The second kappa shape index (κ2) is 6.98. The number of anilines is 1. The molecule has 1 aromatic heterocycles. The molecule has 0 bridgehead atoms. The molecule has 1 saturated heterocycles. The summed E-state index contributed by atoms with van der Waals surface area (Å²) in [5.41, 5.74) is 1.46. The Bertz CT molecular complexity index is 794. The van der Waals surface area contributed by atoms with Gasteiger partial charge < -0.3 is 15.0 Å². The molecule has 0 unspecified atom stereocenters. The highest BCUT2D eigenvalue weighted by atomic mass is 19.1. The van der Waals surface area contributed by atoms with Gasteiger partial charge in [-0.3, -0.25) is 9.59 Å². The molecule has 0 spiro atoms. The Labute approximate surface area is 144 Å². The normalized spacial score (nSPS) is 20.4. The zero-order chi connectivity index (χ0) is 18.0. The number of hydrogen-bond acceptors (Lipinski definition) is 4. The monoisotopic (exact) mass is 343 g/mol. The van der Waals surface area contributed by atoms with Crippen molar-refractivity contribution >= 4 is 17.6 Å². The lowest BCUT2D eigenvalue weighted by atomic mass is 9.97. The molecule has 7 heteroatoms. The molecule has 1 N–H and O–H groups in total. The Hall–Kier alpha value is -2.80. The SMILES string of the molecule is Cc1ccc(NC(=O)[C@H]2OCC(=O)N(C)[C@@H]2c2cccc(F)c2)nc1. The topological polar surface area (TPSA) is 71.5 Å². The first-order valence-electron chi connectivity index (χ1n) is 7.82. The Kier molecular flexibility index (Phi) is 4.76. The maximum atomic E-state index is 13.6. The molecule has 1 aromatic carbocycles. The van der Waals surface area contributed by atoms with Crippen LogP contribution < -0.4 is 5.32 Å². The highest BCUT2D eigenvalue weighted by Crippen LogP contribution is 2.30. The minimum absolute atomic E-state index is 0.207. The molecule has 6 nitrogen and oxygen atoms in total. The lowest BCUT2D eigenvalue weighted by Crippen LogP contribution is -2.51. The van der Waals surface area contributed by atoms with E-state index in [4.69, 9.17) is 4.74 Å². The number of halogens is 1. The number of morpholine rings is 1. The van der Waals surface area contributed by atoms with Crippen molar-refractivity contribution in [1.29, 1.82) is 0 Å². The van der Waals surface area contributed by atoms with E-state index in [1.54, 1.807) is 25.4 Å². The van der Waals surface area contributed by atoms with E-state index in [2.05, 4.69) is 10.3 Å². The molecule has 0 radical (unpaired) electrons. The summed E-state index contributed by atoms with van der Waals surface area (Å²) in [7, 11) is 1.57. The van der Waals surface area contributed by atoms with Crippen LogP contribution in [0.15, 0.2) is 42.6 Å². The first-order valence-corrected chi connectivity index (χ1v) is 7.82. The van der Waals surface area contributed by atoms with E-state index in [9.17, 15) is 14.0 Å². The summed E-state index contributed by atoms with van der Waals surface area (Å²) in [4.78, 5) is 30.2. The van der Waals surface area contributed by atoms with Gasteiger partial charge in [0.1, 0.15) is 18.2 Å². The Morgan fingerprint density at radius 2 is 2.16 bits per heavy atom. The molecule has 2 aromatic rings. The van der Waals surface area contributed by atoms with Crippen molar-refractivity contribution in [3.8, 4) is 0 Å². The number of rotatable bonds is 3. The van der Waals surface area contributed by atoms with Crippen LogP contribution in [0.3, 0.4) is 0 Å². The summed E-state index contributed by atoms with van der Waals surface area (Å²) < 4.78 is 19.1. The number of nitrogens with one attached hydrogen (secondary N) is 1. The summed E-state index contributed by atoms with van der Waals surface area (Å²) in [6.45, 7) is 1.69. The van der Waals surface area contributed by atoms with Crippen LogP contribution in [0.5, 0.6) is 0 Å². The maximum Gasteiger partial charge on any atom is 0.257 e. The fraction of sp³-hybridized carbons (Fsp3) is 0.278. The molecular formula is C18H18FN3O3. The Morgan fingerprint density at radius 1 is 1.36 bits per heavy atom. The number of hydrogen-bond donors (Lipinski definition) is 1. The molecule has 130 valence electrons. The molecule has 1 fully saturated rings. The smallest absolute Gasteiger partial charge is 0.257 e. The molecule has 3 rings (SSSR count). The zero-order valence-electron chi connectivity index (χ0n) is 13.9. The number of nitrogens with zero attached hydrogens (tertiary/aromatic N) is 2. The van der Waals surface area contributed by atoms with Gasteiger partial charge in [0.15, 0.2) is 6.10 Å². The third-order valence-corrected chi connectivity index (χ3v) is 4.10. The van der Waals surface area contributed by atoms with Crippen LogP contribution in [0, 0.1) is 12.7 Å². The van der Waals surface area contributed by atoms with Crippen LogP contribution in [0.1, 0.15) is 17.2 Å². The molecule has 0 saturated carbocycles. The van der Waals surface area contributed by atoms with Crippen molar-refractivity contribution in [3.63, 3.8) is 0 Å². The predicted octanol–water partition coefficient (Wildman–Crippen LogP) is 2.07. The van der Waals surface area contributed by atoms with E-state index >= 15 is 0 Å². The molecule has 2 heterocycles. The average molecular weight is 343 g/mol. The van der Waals surface area contributed by atoms with Crippen molar-refractivity contribution in [2.24, 2.45) is 0 Å². The number of ether oxygens (including phenoxy) is 1. The molecule has 25 heavy (non-hydrogen) atoms. The van der Waals surface area contributed by atoms with E-state index < -0.39 is 23.9 Å². The van der Waals surface area contributed by atoms with Crippen LogP contribution in [-0.2, 0) is 14.3 Å². The van der Waals surface area contributed by atoms with E-state index in [-0.39, 0.29) is 12.5 Å². The molecular weight excluding hydrogens is 325 g/mol. The van der Waals surface area contributed by atoms with Crippen molar-refractivity contribution in [1.82, 2.24) is 9.88 Å². The number of benzene rings is 1. The van der Waals surface area contributed by atoms with Gasteiger partial charge >= 0.3 is 0 Å². The van der Waals surface area contributed by atoms with Crippen LogP contribution in [0.25, 0.3) is 0 Å². The quantitative estimate of drug-likeness (QED) is 0.926. The lowest BCUT2D eigenvalue weighted by Gasteiger charge is -2.38. The third kappa shape index (κ3) is 3.66. The van der Waals surface area contributed by atoms with Crippen LogP contribution in [-0.4, -0.2) is 41.5 Å². The van der Waals surface area contributed by atoms with Gasteiger partial charge in [-0.1, -0.05) is 18.2 Å². The van der Waals surface area contributed by atoms with Crippen molar-refractivity contribution in [3.05, 3.63) is 59.5 Å². The molecule has 1 aliphatic heterocycles. The van der Waals surface area contributed by atoms with Gasteiger partial charge in [0.05, 0.1) is 6.04 Å². The van der Waals surface area contributed by atoms with Gasteiger partial charge in [0, 0.05) is 13.2 Å². The number of likely N-dealkylation sites (N-methyl/N-ethyl adjacent to an activating group) is 1. The van der Waals surface area contributed by atoms with Gasteiger partial charge in [-0.05, 0) is 36.2 Å². The number of pyridine rings is 1. The molecule has 0 aliphatic carbocycles. The zero-order valence-corrected chi connectivity index (χ0v) is 13.9. The van der Waals surface area contributed by atoms with Crippen molar-refractivity contribution in [2.75, 3.05) is 19.0 Å². The standard InChI is InChI=1S/C18H18FN3O3/c1-11-6-7-14(20-9-11)21-18(24)17-16(22(2)15(23)10-25-17)12-4-3-5-13(19)8-12/h3-9,16-17H,10H2,1-2H3,(H,20,21,24)/t16-,17+/m1/s1. The maximum absolute atomic E-state index is 13.6. The van der Waals surface area contributed by atoms with E-state index in [0.29, 0.717) is 11.4 Å². The molecule has 1 aliphatic rings. The number of carbonyl (C=O) groups is 2. The van der Waals surface area contributed by atoms with Gasteiger partial charge in [0.25, 0.3) is 5.91 Å². The number of amides is 2. The van der Waals surface area contributed by atoms with Crippen molar-refractivity contribution < 1.29 is 18.7 Å². The first-order chi connectivity index (χ1) is 12.0. The first kappa shape index (κ1) is 17.0. The fourth-order valence-electron chi connectivity index (χ4n) is 2.76. The number of aryl methyl sites for hydroxylation is 1. The number of aromatic nitrogens is 1. The summed E-state index contributed by atoms with van der Waals surface area (Å²) in [6, 6.07) is 8.59. The van der Waals surface area contributed by atoms with Gasteiger partial charge in [-0.25, -0.2) is 9.37 Å². The average Bonchev–Trinajstić information content (AvgIpc) is 2.59. The second-order valence-electron chi connectivity index (χ2n) is 5.95. The van der Waals surface area contributed by atoms with E-state index in [0.717, 1.165) is 5.56 Å². The highest BCUT2D eigenvalue weighted by Gasteiger charge is 2.40. The Morgan fingerprint density at radius 3 is 2.84 bits per heavy atom. The lowest BCUT2D eigenvalue weighted by molar-refractivity contribution is -0.160. The van der Waals surface area contributed by atoms with Crippen LogP contribution in [0.4, 0.5) is 10.2 Å². The summed E-state index contributed by atoms with van der Waals surface area (Å²) in [5, 5.41) is 2.68. The van der Waals surface area contributed by atoms with Gasteiger partial charge in [0.2, 0.25) is 5.91 Å². The molecule has 2 amide bonds. The second-order valence-corrected chi connectivity index (χ2v) is 5.95. The van der Waals surface area contributed by atoms with Gasteiger partial charge in [-0.2, -0.15) is 0 Å².